The number of nitrogens with one attached hydrogen (secondary N) is 2. The van der Waals surface area contributed by atoms with Gasteiger partial charge in [0.25, 0.3) is 0 Å². The molecule has 2 N–H and O–H groups in total. The fraction of sp³-hybridized carbons (Fsp3) is 0.515. The molecule has 3 aromatic heterocycles. The minimum atomic E-state index is 0.212. The van der Waals surface area contributed by atoms with Gasteiger partial charge >= 0.3 is 0 Å². The van der Waals surface area contributed by atoms with E-state index < -0.39 is 0 Å². The third kappa shape index (κ3) is 22.2. The summed E-state index contributed by atoms with van der Waals surface area (Å²) in [6.45, 7) is 14.2. The van der Waals surface area contributed by atoms with E-state index in [0.717, 1.165) is 33.0 Å². The van der Waals surface area contributed by atoms with E-state index in [0.29, 0.717) is 253 Å². The van der Waals surface area contributed by atoms with Crippen LogP contribution in [0.1, 0.15) is 0 Å². The highest BCUT2D eigenvalue weighted by atomic mass is 16.6. The first-order chi connectivity index (χ1) is 45.7. The van der Waals surface area contributed by atoms with Gasteiger partial charge in [-0.15, -0.1) is 0 Å². The molecule has 0 amide bonds. The number of hydrogen-bond donors (Lipinski definition) is 2. The number of hydrogen-bond acceptors (Lipinski definition) is 24. The lowest BCUT2D eigenvalue weighted by molar-refractivity contribution is -0.0227. The zero-order valence-corrected chi connectivity index (χ0v) is 52.7. The molecule has 0 saturated heterocycles. The summed E-state index contributed by atoms with van der Waals surface area (Å²) >= 11 is 0. The number of aromatic nitrogens is 8. The molecule has 498 valence electrons. The highest BCUT2D eigenvalue weighted by molar-refractivity contribution is 6.12. The van der Waals surface area contributed by atoms with Crippen molar-refractivity contribution in [2.45, 2.75) is 0 Å². The Labute approximate surface area is 535 Å². The van der Waals surface area contributed by atoms with E-state index in [1.165, 1.54) is 0 Å². The number of benzene rings is 4. The molecule has 0 radical (unpaired) electrons. The molecule has 9 rings (SSSR count). The van der Waals surface area contributed by atoms with Gasteiger partial charge in [0.05, 0.1) is 209 Å². The highest BCUT2D eigenvalue weighted by Crippen LogP contribution is 2.41. The van der Waals surface area contributed by atoms with Crippen LogP contribution < -0.4 is 9.47 Å². The Bertz CT molecular complexity index is 3210. The largest absolute Gasteiger partial charge is 0.490 e. The van der Waals surface area contributed by atoms with Gasteiger partial charge in [-0.05, 0) is 12.1 Å². The second kappa shape index (κ2) is 41.0. The molecule has 5 heterocycles. The van der Waals surface area contributed by atoms with E-state index >= 15 is 0 Å². The van der Waals surface area contributed by atoms with Gasteiger partial charge in [0.2, 0.25) is 0 Å². The molecular formula is C66H86N8O18. The minimum Gasteiger partial charge on any atom is -0.490 e. The van der Waals surface area contributed by atoms with Gasteiger partial charge < -0.3 is 95.2 Å². The van der Waals surface area contributed by atoms with E-state index in [2.05, 4.69) is 9.97 Å². The lowest BCUT2D eigenvalue weighted by Crippen LogP contribution is -2.15. The molecule has 7 aromatic rings. The maximum Gasteiger partial charge on any atom is 0.164 e. The summed E-state index contributed by atoms with van der Waals surface area (Å²) in [6, 6.07) is 27.5. The summed E-state index contributed by atoms with van der Waals surface area (Å²) in [5, 5.41) is 3.00. The molecule has 0 fully saturated rings. The predicted octanol–water partition coefficient (Wildman–Crippen LogP) is 7.15. The second-order valence-corrected chi connectivity index (χ2v) is 20.3. The third-order valence-electron chi connectivity index (χ3n) is 13.9. The zero-order chi connectivity index (χ0) is 63.3. The number of rotatable bonds is 50. The molecule has 0 atom stereocenters. The SMILES string of the molecule is COCCOCCOCCOCCOCCOCCOCCOCCOc1ccc(OCCOCCOCCOCCOCCOCCOCCOCCOC)c2c3nc4nc(nc5[nH]c(nc6nc(nc([nH]3)c12)-c1ccccc1-6)c1ccccc51)-c1ccccc1-4. The van der Waals surface area contributed by atoms with Crippen LogP contribution in [0.15, 0.2) is 84.9 Å². The average molecular weight is 1280 g/mol. The fourth-order valence-electron chi connectivity index (χ4n) is 9.50. The summed E-state index contributed by atoms with van der Waals surface area (Å²) in [4.78, 5) is 38.0. The number of H-pyrrole nitrogens is 2. The maximum atomic E-state index is 6.57. The van der Waals surface area contributed by atoms with Crippen LogP contribution in [0.4, 0.5) is 0 Å². The van der Waals surface area contributed by atoms with Crippen LogP contribution in [-0.2, 0) is 75.8 Å². The molecule has 26 nitrogen and oxygen atoms in total. The Morgan fingerprint density at radius 1 is 0.239 bits per heavy atom. The molecule has 2 aliphatic rings. The Hall–Kier alpha value is -6.80. The summed E-state index contributed by atoms with van der Waals surface area (Å²) in [7, 11) is 3.29. The molecule has 8 bridgehead atoms. The Kier molecular flexibility index (Phi) is 31.0. The summed E-state index contributed by atoms with van der Waals surface area (Å²) in [6.07, 6.45) is 0. The van der Waals surface area contributed by atoms with Crippen molar-refractivity contribution in [3.63, 3.8) is 0 Å². The normalized spacial score (nSPS) is 11.9. The highest BCUT2D eigenvalue weighted by Gasteiger charge is 2.24. The second-order valence-electron chi connectivity index (χ2n) is 20.3. The van der Waals surface area contributed by atoms with Crippen LogP contribution >= 0.6 is 0 Å². The van der Waals surface area contributed by atoms with Gasteiger partial charge in [0, 0.05) is 47.2 Å². The van der Waals surface area contributed by atoms with Gasteiger partial charge in [0.1, 0.15) is 47.3 Å². The van der Waals surface area contributed by atoms with Crippen molar-refractivity contribution in [1.29, 1.82) is 0 Å². The molecule has 0 saturated carbocycles. The van der Waals surface area contributed by atoms with Crippen molar-refractivity contribution < 1.29 is 85.3 Å². The Morgan fingerprint density at radius 3 is 0.717 bits per heavy atom. The van der Waals surface area contributed by atoms with E-state index in [4.69, 9.17) is 115 Å². The molecule has 0 aliphatic carbocycles. The molecule has 0 spiro atoms. The molecule has 4 aromatic carbocycles. The van der Waals surface area contributed by atoms with Crippen molar-refractivity contribution in [3.8, 4) is 57.1 Å². The molecule has 2 aliphatic heterocycles. The zero-order valence-electron chi connectivity index (χ0n) is 52.7. The molecule has 26 heteroatoms. The molecular weight excluding hydrogens is 1190 g/mol. The monoisotopic (exact) mass is 1280 g/mol. The number of nitrogens with zero attached hydrogens (tertiary/aromatic N) is 6. The van der Waals surface area contributed by atoms with Crippen LogP contribution in [0.25, 0.3) is 89.7 Å². The van der Waals surface area contributed by atoms with Crippen LogP contribution in [0, 0.1) is 0 Å². The number of fused-ring (bicyclic) bond motifs is 20. The number of ether oxygens (including phenoxy) is 18. The Balaban J connectivity index is 0.797. The summed E-state index contributed by atoms with van der Waals surface area (Å²) in [5.41, 5.74) is 5.32. The van der Waals surface area contributed by atoms with Gasteiger partial charge in [-0.2, -0.15) is 0 Å². The van der Waals surface area contributed by atoms with Crippen LogP contribution in [0.3, 0.4) is 0 Å². The van der Waals surface area contributed by atoms with Gasteiger partial charge in [0.15, 0.2) is 23.3 Å². The third-order valence-corrected chi connectivity index (χ3v) is 13.9. The fourth-order valence-corrected chi connectivity index (χ4v) is 9.50. The summed E-state index contributed by atoms with van der Waals surface area (Å²) < 4.78 is 102. The van der Waals surface area contributed by atoms with Gasteiger partial charge in [-0.1, -0.05) is 72.8 Å². The standard InChI is InChI=1S/C66H86N8O18/c1-75-17-19-77-21-23-79-25-27-81-29-31-83-33-35-85-37-39-87-41-43-89-45-47-91-55-15-16-56(92-48-46-90-44-42-88-40-38-86-36-34-84-32-30-82-28-26-80-24-22-78-20-18-76-2)58-57(55)65-72-63-53-13-7-5-11-51(53)61(70-63)68-59-49-9-3-4-10-50(49)60(67-59)69-62-52-12-6-8-14-54(52)64(71-62)73-66(58)74-65/h3-16H,17-48H2,1-2H3,(H2,67,68,69,70,71,72,73,74). The van der Waals surface area contributed by atoms with Crippen LogP contribution in [0.5, 0.6) is 11.5 Å². The minimum absolute atomic E-state index is 0.212. The van der Waals surface area contributed by atoms with Crippen LogP contribution in [0.2, 0.25) is 0 Å². The first kappa shape index (κ1) is 69.5. The van der Waals surface area contributed by atoms with Gasteiger partial charge in [-0.3, -0.25) is 0 Å². The average Bonchev–Trinajstić information content (AvgIpc) is 1.61. The van der Waals surface area contributed by atoms with Crippen molar-refractivity contribution in [2.75, 3.05) is 226 Å². The van der Waals surface area contributed by atoms with Crippen LogP contribution in [-0.4, -0.2) is 266 Å². The van der Waals surface area contributed by atoms with E-state index in [1.54, 1.807) is 14.2 Å². The van der Waals surface area contributed by atoms with E-state index in [1.807, 2.05) is 84.9 Å². The lowest BCUT2D eigenvalue weighted by atomic mass is 10.1. The van der Waals surface area contributed by atoms with Gasteiger partial charge in [-0.25, -0.2) is 29.9 Å². The first-order valence-electron chi connectivity index (χ1n) is 31.3. The maximum absolute atomic E-state index is 6.57. The smallest absolute Gasteiger partial charge is 0.164 e. The van der Waals surface area contributed by atoms with Crippen molar-refractivity contribution in [3.05, 3.63) is 84.9 Å². The predicted molar refractivity (Wildman–Crippen MR) is 342 cm³/mol. The first-order valence-corrected chi connectivity index (χ1v) is 31.3. The molecule has 0 unspecified atom stereocenters. The van der Waals surface area contributed by atoms with Crippen molar-refractivity contribution >= 4 is 44.1 Å². The molecule has 92 heavy (non-hydrogen) atoms. The number of methoxy groups -OCH3 is 2. The summed E-state index contributed by atoms with van der Waals surface area (Å²) in [5.74, 6) is 2.90. The topological polar surface area (TPSA) is 275 Å². The van der Waals surface area contributed by atoms with E-state index in [-0.39, 0.29) is 26.4 Å². The lowest BCUT2D eigenvalue weighted by Gasteiger charge is -2.12. The van der Waals surface area contributed by atoms with E-state index in [9.17, 15) is 0 Å². The van der Waals surface area contributed by atoms with Crippen molar-refractivity contribution in [1.82, 2.24) is 39.9 Å². The quantitative estimate of drug-likeness (QED) is 0.0358. The number of aromatic amines is 2. The van der Waals surface area contributed by atoms with Crippen molar-refractivity contribution in [2.24, 2.45) is 0 Å². The Morgan fingerprint density at radius 2 is 0.457 bits per heavy atom.